The van der Waals surface area contributed by atoms with E-state index in [1.54, 1.807) is 0 Å². The standard InChI is InChI=1S/C24H30F2N4O2/c25-24(26,10-2-1-5-20-9-8-16-4-3-11-27-23(16)30-20)13-18(12-21(31)32)19-14-28-22(29-15-19)17-6-7-17/h8-9,14-15,17-18H,1-7,10-13H2,(H,27,30)(H,31,32)/t18-/m1/s1. The number of pyridine rings is 1. The Balaban J connectivity index is 1.29. The Morgan fingerprint density at radius 1 is 1.22 bits per heavy atom. The number of carboxylic acids is 1. The van der Waals surface area contributed by atoms with Crippen molar-refractivity contribution in [2.24, 2.45) is 0 Å². The predicted molar refractivity (Wildman–Crippen MR) is 117 cm³/mol. The number of halogens is 2. The second kappa shape index (κ2) is 9.88. The number of anilines is 1. The zero-order chi connectivity index (χ0) is 22.6. The van der Waals surface area contributed by atoms with E-state index in [-0.39, 0.29) is 12.8 Å². The van der Waals surface area contributed by atoms with Crippen LogP contribution in [-0.2, 0) is 17.6 Å². The fraction of sp³-hybridized carbons (Fsp3) is 0.583. The molecule has 6 nitrogen and oxygen atoms in total. The molecule has 0 bridgehead atoms. The van der Waals surface area contributed by atoms with Crippen molar-refractivity contribution >= 4 is 11.8 Å². The number of aromatic nitrogens is 3. The van der Waals surface area contributed by atoms with Crippen molar-refractivity contribution in [3.05, 3.63) is 47.2 Å². The molecular formula is C24H30F2N4O2. The summed E-state index contributed by atoms with van der Waals surface area (Å²) in [6, 6.07) is 4.06. The molecular weight excluding hydrogens is 414 g/mol. The minimum atomic E-state index is -2.94. The number of fused-ring (bicyclic) bond motifs is 1. The molecule has 0 radical (unpaired) electrons. The first kappa shape index (κ1) is 22.6. The van der Waals surface area contributed by atoms with E-state index in [4.69, 9.17) is 0 Å². The maximum Gasteiger partial charge on any atom is 0.303 e. The Morgan fingerprint density at radius 2 is 2.00 bits per heavy atom. The number of unbranched alkanes of at least 4 members (excludes halogenated alkanes) is 1. The Bertz CT molecular complexity index is 932. The summed E-state index contributed by atoms with van der Waals surface area (Å²) in [6.07, 6.45) is 7.77. The van der Waals surface area contributed by atoms with Gasteiger partial charge in [-0.25, -0.2) is 23.7 Å². The lowest BCUT2D eigenvalue weighted by Gasteiger charge is -2.22. The zero-order valence-electron chi connectivity index (χ0n) is 18.2. The Labute approximate surface area is 186 Å². The number of hydrogen-bond donors (Lipinski definition) is 2. The summed E-state index contributed by atoms with van der Waals surface area (Å²) in [5.74, 6) is -2.83. The van der Waals surface area contributed by atoms with Gasteiger partial charge >= 0.3 is 5.97 Å². The molecule has 1 aliphatic carbocycles. The second-order valence-corrected chi connectivity index (χ2v) is 9.05. The summed E-state index contributed by atoms with van der Waals surface area (Å²) >= 11 is 0. The first-order valence-electron chi connectivity index (χ1n) is 11.5. The molecule has 2 N–H and O–H groups in total. The molecule has 0 saturated heterocycles. The summed E-state index contributed by atoms with van der Waals surface area (Å²) in [5.41, 5.74) is 2.60. The predicted octanol–water partition coefficient (Wildman–Crippen LogP) is 5.10. The Hall–Kier alpha value is -2.64. The molecule has 0 amide bonds. The van der Waals surface area contributed by atoms with E-state index in [2.05, 4.69) is 26.3 Å². The fourth-order valence-corrected chi connectivity index (χ4v) is 4.29. The van der Waals surface area contributed by atoms with Gasteiger partial charge in [-0.3, -0.25) is 4.79 Å². The third-order valence-electron chi connectivity index (χ3n) is 6.25. The smallest absolute Gasteiger partial charge is 0.303 e. The molecule has 172 valence electrons. The van der Waals surface area contributed by atoms with Crippen LogP contribution in [0, 0.1) is 0 Å². The van der Waals surface area contributed by atoms with E-state index in [1.165, 1.54) is 18.0 Å². The number of aryl methyl sites for hydroxylation is 2. The van der Waals surface area contributed by atoms with Crippen LogP contribution in [0.15, 0.2) is 24.5 Å². The summed E-state index contributed by atoms with van der Waals surface area (Å²) in [5, 5.41) is 12.5. The molecule has 0 unspecified atom stereocenters. The highest BCUT2D eigenvalue weighted by Crippen LogP contribution is 2.39. The van der Waals surface area contributed by atoms with Crippen LogP contribution in [0.2, 0.25) is 0 Å². The molecule has 0 spiro atoms. The van der Waals surface area contributed by atoms with Gasteiger partial charge in [0, 0.05) is 49.3 Å². The molecule has 2 aliphatic rings. The topological polar surface area (TPSA) is 88.0 Å². The van der Waals surface area contributed by atoms with E-state index >= 15 is 0 Å². The molecule has 2 aromatic heterocycles. The van der Waals surface area contributed by atoms with Crippen molar-refractivity contribution in [2.45, 2.75) is 82.0 Å². The first-order chi connectivity index (χ1) is 15.4. The summed E-state index contributed by atoms with van der Waals surface area (Å²) < 4.78 is 29.4. The second-order valence-electron chi connectivity index (χ2n) is 9.05. The number of nitrogens with zero attached hydrogens (tertiary/aromatic N) is 3. The van der Waals surface area contributed by atoms with Gasteiger partial charge in [0.1, 0.15) is 11.6 Å². The highest BCUT2D eigenvalue weighted by Gasteiger charge is 2.34. The highest BCUT2D eigenvalue weighted by molar-refractivity contribution is 5.68. The van der Waals surface area contributed by atoms with Gasteiger partial charge in [0.25, 0.3) is 0 Å². The van der Waals surface area contributed by atoms with Crippen LogP contribution in [0.25, 0.3) is 0 Å². The van der Waals surface area contributed by atoms with Gasteiger partial charge in [-0.15, -0.1) is 0 Å². The van der Waals surface area contributed by atoms with Gasteiger partial charge in [0.2, 0.25) is 5.92 Å². The van der Waals surface area contributed by atoms with E-state index in [0.717, 1.165) is 49.6 Å². The van der Waals surface area contributed by atoms with Gasteiger partial charge in [-0.05, 0) is 62.1 Å². The van der Waals surface area contributed by atoms with Crippen LogP contribution in [0.5, 0.6) is 0 Å². The van der Waals surface area contributed by atoms with Crippen molar-refractivity contribution in [2.75, 3.05) is 11.9 Å². The molecule has 1 saturated carbocycles. The number of nitrogens with one attached hydrogen (secondary N) is 1. The van der Waals surface area contributed by atoms with E-state index < -0.39 is 24.2 Å². The first-order valence-corrected chi connectivity index (χ1v) is 11.5. The monoisotopic (exact) mass is 444 g/mol. The minimum absolute atomic E-state index is 0.271. The lowest BCUT2D eigenvalue weighted by atomic mass is 9.89. The van der Waals surface area contributed by atoms with Crippen LogP contribution in [0.3, 0.4) is 0 Å². The van der Waals surface area contributed by atoms with E-state index in [1.807, 2.05) is 6.07 Å². The van der Waals surface area contributed by atoms with Crippen LogP contribution in [-0.4, -0.2) is 38.5 Å². The number of rotatable bonds is 11. The lowest BCUT2D eigenvalue weighted by Crippen LogP contribution is -2.22. The zero-order valence-corrected chi connectivity index (χ0v) is 18.2. The van der Waals surface area contributed by atoms with Crippen molar-refractivity contribution in [3.63, 3.8) is 0 Å². The minimum Gasteiger partial charge on any atom is -0.481 e. The Morgan fingerprint density at radius 3 is 2.72 bits per heavy atom. The molecule has 1 atom stereocenters. The number of alkyl halides is 2. The normalized spacial score (nSPS) is 16.8. The molecule has 32 heavy (non-hydrogen) atoms. The molecule has 1 fully saturated rings. The van der Waals surface area contributed by atoms with Gasteiger partial charge in [-0.2, -0.15) is 0 Å². The van der Waals surface area contributed by atoms with Crippen LogP contribution in [0.4, 0.5) is 14.6 Å². The summed E-state index contributed by atoms with van der Waals surface area (Å²) in [7, 11) is 0. The van der Waals surface area contributed by atoms with Gasteiger partial charge < -0.3 is 10.4 Å². The highest BCUT2D eigenvalue weighted by atomic mass is 19.3. The third-order valence-corrected chi connectivity index (χ3v) is 6.25. The molecule has 8 heteroatoms. The fourth-order valence-electron chi connectivity index (χ4n) is 4.29. The molecule has 0 aromatic carbocycles. The van der Waals surface area contributed by atoms with Gasteiger partial charge in [0.05, 0.1) is 6.42 Å². The van der Waals surface area contributed by atoms with Crippen LogP contribution < -0.4 is 5.32 Å². The van der Waals surface area contributed by atoms with Crippen molar-refractivity contribution in [3.8, 4) is 0 Å². The SMILES string of the molecule is O=C(O)C[C@H](CC(F)(F)CCCCc1ccc2c(n1)NCCC2)c1cnc(C2CC2)nc1. The number of carbonyl (C=O) groups is 1. The number of hydrogen-bond acceptors (Lipinski definition) is 5. The molecule has 4 rings (SSSR count). The van der Waals surface area contributed by atoms with E-state index in [9.17, 15) is 18.7 Å². The van der Waals surface area contributed by atoms with Crippen LogP contribution >= 0.6 is 0 Å². The quantitative estimate of drug-likeness (QED) is 0.469. The van der Waals surface area contributed by atoms with E-state index in [0.29, 0.717) is 30.7 Å². The summed E-state index contributed by atoms with van der Waals surface area (Å²) in [4.78, 5) is 24.4. The largest absolute Gasteiger partial charge is 0.481 e. The molecule has 2 aromatic rings. The Kier molecular flexibility index (Phi) is 6.96. The van der Waals surface area contributed by atoms with Crippen LogP contribution in [0.1, 0.15) is 85.8 Å². The van der Waals surface area contributed by atoms with Crippen molar-refractivity contribution in [1.29, 1.82) is 0 Å². The maximum atomic E-state index is 14.7. The van der Waals surface area contributed by atoms with Gasteiger partial charge in [0.15, 0.2) is 0 Å². The third kappa shape index (κ3) is 6.20. The van der Waals surface area contributed by atoms with Gasteiger partial charge in [-0.1, -0.05) is 6.07 Å². The molecule has 1 aliphatic heterocycles. The lowest BCUT2D eigenvalue weighted by molar-refractivity contribution is -0.138. The van der Waals surface area contributed by atoms with Crippen molar-refractivity contribution < 1.29 is 18.7 Å². The molecule has 3 heterocycles. The number of carboxylic acid groups (broad SMARTS) is 1. The van der Waals surface area contributed by atoms with Crippen molar-refractivity contribution in [1.82, 2.24) is 15.0 Å². The average Bonchev–Trinajstić information content (AvgIpc) is 3.61. The maximum absolute atomic E-state index is 14.7. The number of aliphatic carboxylic acids is 1. The summed E-state index contributed by atoms with van der Waals surface area (Å²) in [6.45, 7) is 0.918. The average molecular weight is 445 g/mol.